The van der Waals surface area contributed by atoms with Gasteiger partial charge in [0, 0.05) is 14.1 Å². The number of hydrogen-bond acceptors (Lipinski definition) is 4. The molecule has 5 heteroatoms. The second-order valence-electron chi connectivity index (χ2n) is 1.80. The molecule has 50 valence electrons. The van der Waals surface area contributed by atoms with Gasteiger partial charge in [-0.2, -0.15) is 10.1 Å². The SMILES string of the molecule is CN(C)c1nc(=S)o[nH]1. The average Bonchev–Trinajstić information content (AvgIpc) is 2.14. The van der Waals surface area contributed by atoms with E-state index in [9.17, 15) is 0 Å². The number of hydrogen-bond donors (Lipinski definition) is 1. The van der Waals surface area contributed by atoms with Crippen LogP contribution in [-0.2, 0) is 0 Å². The highest BCUT2D eigenvalue weighted by molar-refractivity contribution is 7.71. The quantitative estimate of drug-likeness (QED) is 0.594. The minimum atomic E-state index is 0.235. The molecule has 0 unspecified atom stereocenters. The Balaban J connectivity index is 2.98. The van der Waals surface area contributed by atoms with Gasteiger partial charge in [-0.15, -0.1) is 0 Å². The molecule has 0 saturated carbocycles. The standard InChI is InChI=1S/C4H7N3OS/c1-7(2)3-5-4(9)8-6-3/h1-2H3,(H,5,6,9). The van der Waals surface area contributed by atoms with E-state index in [4.69, 9.17) is 0 Å². The summed E-state index contributed by atoms with van der Waals surface area (Å²) in [5.74, 6) is 0.639. The third kappa shape index (κ3) is 1.29. The largest absolute Gasteiger partial charge is 0.346 e. The Morgan fingerprint density at radius 3 is 2.56 bits per heavy atom. The molecule has 0 aliphatic carbocycles. The molecule has 9 heavy (non-hydrogen) atoms. The first-order chi connectivity index (χ1) is 4.20. The Morgan fingerprint density at radius 1 is 1.67 bits per heavy atom. The molecule has 0 fully saturated rings. The van der Waals surface area contributed by atoms with E-state index >= 15 is 0 Å². The first-order valence-electron chi connectivity index (χ1n) is 2.43. The van der Waals surface area contributed by atoms with Crippen molar-refractivity contribution >= 4 is 18.2 Å². The fourth-order valence-electron chi connectivity index (χ4n) is 0.413. The molecule has 0 bridgehead atoms. The van der Waals surface area contributed by atoms with E-state index in [0.29, 0.717) is 5.95 Å². The molecule has 1 heterocycles. The number of rotatable bonds is 1. The summed E-state index contributed by atoms with van der Waals surface area (Å²) < 4.78 is 4.66. The zero-order chi connectivity index (χ0) is 6.85. The summed E-state index contributed by atoms with van der Waals surface area (Å²) >= 11 is 4.62. The maximum atomic E-state index is 4.66. The van der Waals surface area contributed by atoms with Gasteiger partial charge >= 0.3 is 4.84 Å². The van der Waals surface area contributed by atoms with E-state index in [-0.39, 0.29) is 4.84 Å². The van der Waals surface area contributed by atoms with Crippen LogP contribution in [0.2, 0.25) is 0 Å². The Labute approximate surface area is 57.5 Å². The van der Waals surface area contributed by atoms with E-state index in [1.165, 1.54) is 0 Å². The van der Waals surface area contributed by atoms with Crippen LogP contribution in [0, 0.1) is 4.84 Å². The zero-order valence-electron chi connectivity index (χ0n) is 5.21. The molecule has 0 aromatic carbocycles. The van der Waals surface area contributed by atoms with Gasteiger partial charge in [-0.05, 0) is 12.2 Å². The highest BCUT2D eigenvalue weighted by atomic mass is 32.1. The fraction of sp³-hybridized carbons (Fsp3) is 0.500. The summed E-state index contributed by atoms with van der Waals surface area (Å²) in [7, 11) is 3.70. The lowest BCUT2D eigenvalue weighted by molar-refractivity contribution is 0.405. The molecule has 0 amide bonds. The lowest BCUT2D eigenvalue weighted by atomic mass is 10.8. The van der Waals surface area contributed by atoms with Crippen LogP contribution in [0.5, 0.6) is 0 Å². The van der Waals surface area contributed by atoms with E-state index in [0.717, 1.165) is 0 Å². The molecule has 4 nitrogen and oxygen atoms in total. The van der Waals surface area contributed by atoms with Crippen molar-refractivity contribution in [1.82, 2.24) is 10.1 Å². The second kappa shape index (κ2) is 2.18. The molecule has 0 spiro atoms. The van der Waals surface area contributed by atoms with E-state index < -0.39 is 0 Å². The fourth-order valence-corrected chi connectivity index (χ4v) is 0.541. The average molecular weight is 145 g/mol. The summed E-state index contributed by atoms with van der Waals surface area (Å²) in [6.07, 6.45) is 0. The van der Waals surface area contributed by atoms with Crippen molar-refractivity contribution in [2.45, 2.75) is 0 Å². The lowest BCUT2D eigenvalue weighted by Crippen LogP contribution is -2.09. The summed E-state index contributed by atoms with van der Waals surface area (Å²) in [4.78, 5) is 5.84. The van der Waals surface area contributed by atoms with Crippen LogP contribution in [-0.4, -0.2) is 24.2 Å². The minimum Gasteiger partial charge on any atom is -0.346 e. The molecule has 1 aromatic heterocycles. The van der Waals surface area contributed by atoms with Crippen molar-refractivity contribution in [1.29, 1.82) is 0 Å². The second-order valence-corrected chi connectivity index (χ2v) is 2.15. The lowest BCUT2D eigenvalue weighted by Gasteiger charge is -2.03. The van der Waals surface area contributed by atoms with Crippen LogP contribution in [0.4, 0.5) is 5.95 Å². The highest BCUT2D eigenvalue weighted by Crippen LogP contribution is 1.99. The van der Waals surface area contributed by atoms with Crippen molar-refractivity contribution in [2.75, 3.05) is 19.0 Å². The van der Waals surface area contributed by atoms with Gasteiger partial charge in [-0.1, -0.05) is 0 Å². The molecule has 1 aromatic rings. The van der Waals surface area contributed by atoms with Gasteiger partial charge in [-0.3, -0.25) is 0 Å². The molecular formula is C4H7N3OS. The number of anilines is 1. The third-order valence-corrected chi connectivity index (χ3v) is 1.03. The number of nitrogens with zero attached hydrogens (tertiary/aromatic N) is 2. The number of H-pyrrole nitrogens is 1. The van der Waals surface area contributed by atoms with E-state index in [1.54, 1.807) is 4.90 Å². The highest BCUT2D eigenvalue weighted by Gasteiger charge is 1.96. The number of aromatic nitrogens is 2. The molecule has 0 saturated heterocycles. The topological polar surface area (TPSA) is 45.1 Å². The van der Waals surface area contributed by atoms with Gasteiger partial charge in [-0.25, -0.2) is 0 Å². The number of nitrogens with one attached hydrogen (secondary N) is 1. The Bertz CT molecular complexity index is 238. The van der Waals surface area contributed by atoms with Crippen LogP contribution in [0.25, 0.3) is 0 Å². The van der Waals surface area contributed by atoms with Gasteiger partial charge < -0.3 is 9.42 Å². The van der Waals surface area contributed by atoms with Gasteiger partial charge in [0.05, 0.1) is 0 Å². The van der Waals surface area contributed by atoms with Crippen molar-refractivity contribution in [3.8, 4) is 0 Å². The molecule has 0 aliphatic rings. The molecule has 0 atom stereocenters. The molecule has 1 N–H and O–H groups in total. The van der Waals surface area contributed by atoms with Crippen LogP contribution < -0.4 is 4.90 Å². The summed E-state index contributed by atoms with van der Waals surface area (Å²) in [6.45, 7) is 0. The Hall–Kier alpha value is -0.840. The molecule has 0 aliphatic heterocycles. The van der Waals surface area contributed by atoms with E-state index in [2.05, 4.69) is 26.9 Å². The maximum Gasteiger partial charge on any atom is 0.315 e. The van der Waals surface area contributed by atoms with E-state index in [1.807, 2.05) is 14.1 Å². The smallest absolute Gasteiger partial charge is 0.315 e. The minimum absolute atomic E-state index is 0.235. The predicted octanol–water partition coefficient (Wildman–Crippen LogP) is 0.798. The van der Waals surface area contributed by atoms with Crippen LogP contribution in [0.15, 0.2) is 4.52 Å². The Morgan fingerprint density at radius 2 is 2.33 bits per heavy atom. The van der Waals surface area contributed by atoms with Gasteiger partial charge in [0.1, 0.15) is 0 Å². The van der Waals surface area contributed by atoms with Crippen LogP contribution in [0.1, 0.15) is 0 Å². The first kappa shape index (κ1) is 6.28. The zero-order valence-corrected chi connectivity index (χ0v) is 6.03. The van der Waals surface area contributed by atoms with Crippen molar-refractivity contribution in [2.24, 2.45) is 0 Å². The number of aromatic amines is 1. The Kier molecular flexibility index (Phi) is 1.52. The normalized spacial score (nSPS) is 9.56. The van der Waals surface area contributed by atoms with Crippen molar-refractivity contribution in [3.63, 3.8) is 0 Å². The summed E-state index contributed by atoms with van der Waals surface area (Å²) in [6, 6.07) is 0. The molecule has 0 radical (unpaired) electrons. The predicted molar refractivity (Wildman–Crippen MR) is 36.0 cm³/mol. The maximum absolute atomic E-state index is 4.66. The van der Waals surface area contributed by atoms with Crippen molar-refractivity contribution in [3.05, 3.63) is 4.84 Å². The molecule has 1 rings (SSSR count). The van der Waals surface area contributed by atoms with Gasteiger partial charge in [0.15, 0.2) is 0 Å². The van der Waals surface area contributed by atoms with Gasteiger partial charge in [0.25, 0.3) is 0 Å². The molecular weight excluding hydrogens is 138 g/mol. The summed E-state index contributed by atoms with van der Waals surface area (Å²) in [5.41, 5.74) is 0. The third-order valence-electron chi connectivity index (χ3n) is 0.850. The first-order valence-corrected chi connectivity index (χ1v) is 2.84. The van der Waals surface area contributed by atoms with Gasteiger partial charge in [0.2, 0.25) is 5.95 Å². The van der Waals surface area contributed by atoms with Crippen LogP contribution in [0.3, 0.4) is 0 Å². The summed E-state index contributed by atoms with van der Waals surface area (Å²) in [5, 5.41) is 2.54. The monoisotopic (exact) mass is 145 g/mol. The van der Waals surface area contributed by atoms with Crippen LogP contribution >= 0.6 is 12.2 Å². The van der Waals surface area contributed by atoms with Crippen molar-refractivity contribution < 1.29 is 4.52 Å².